The first-order valence-corrected chi connectivity index (χ1v) is 5.21. The van der Waals surface area contributed by atoms with E-state index in [0.29, 0.717) is 0 Å². The zero-order valence-electron chi connectivity index (χ0n) is 6.87. The van der Waals surface area contributed by atoms with Crippen LogP contribution in [0.15, 0.2) is 0 Å². The predicted molar refractivity (Wildman–Crippen MR) is 43.7 cm³/mol. The van der Waals surface area contributed by atoms with E-state index in [0.717, 1.165) is 0 Å². The minimum absolute atomic E-state index is 0.106. The van der Waals surface area contributed by atoms with Crippen LogP contribution in [0.1, 0.15) is 13.8 Å². The SMILES string of the molecule is CC(C)CS(=O)(=O)NCCO. The molecule has 0 amide bonds. The maximum absolute atomic E-state index is 11.0. The van der Waals surface area contributed by atoms with Gasteiger partial charge in [0.05, 0.1) is 12.4 Å². The Kier molecular flexibility index (Phi) is 4.63. The Morgan fingerprint density at radius 2 is 2.00 bits per heavy atom. The summed E-state index contributed by atoms with van der Waals surface area (Å²) >= 11 is 0. The third kappa shape index (κ3) is 6.28. The molecule has 0 aromatic carbocycles. The maximum atomic E-state index is 11.0. The maximum Gasteiger partial charge on any atom is 0.211 e. The highest BCUT2D eigenvalue weighted by molar-refractivity contribution is 7.89. The monoisotopic (exact) mass is 181 g/mol. The number of rotatable bonds is 5. The smallest absolute Gasteiger partial charge is 0.211 e. The summed E-state index contributed by atoms with van der Waals surface area (Å²) in [7, 11) is -3.15. The minimum Gasteiger partial charge on any atom is -0.395 e. The normalized spacial score (nSPS) is 12.4. The first-order chi connectivity index (χ1) is 4.98. The summed E-state index contributed by atoms with van der Waals surface area (Å²) in [6.45, 7) is 3.61. The molecular weight excluding hydrogens is 166 g/mol. The fraction of sp³-hybridized carbons (Fsp3) is 1.00. The van der Waals surface area contributed by atoms with Gasteiger partial charge in [0, 0.05) is 6.54 Å². The molecule has 0 unspecified atom stereocenters. The van der Waals surface area contributed by atoms with Crippen LogP contribution in [0, 0.1) is 5.92 Å². The summed E-state index contributed by atoms with van der Waals surface area (Å²) in [5.74, 6) is 0.235. The van der Waals surface area contributed by atoms with Crippen molar-refractivity contribution in [3.05, 3.63) is 0 Å². The van der Waals surface area contributed by atoms with Gasteiger partial charge in [0.15, 0.2) is 0 Å². The Balaban J connectivity index is 3.82. The summed E-state index contributed by atoms with van der Waals surface area (Å²) in [6.07, 6.45) is 0. The van der Waals surface area contributed by atoms with E-state index < -0.39 is 10.0 Å². The highest BCUT2D eigenvalue weighted by Crippen LogP contribution is 1.96. The van der Waals surface area contributed by atoms with Crippen LogP contribution in [0.5, 0.6) is 0 Å². The van der Waals surface area contributed by atoms with Crippen LogP contribution < -0.4 is 4.72 Å². The average Bonchev–Trinajstić information content (AvgIpc) is 1.81. The van der Waals surface area contributed by atoms with Crippen molar-refractivity contribution in [3.8, 4) is 0 Å². The van der Waals surface area contributed by atoms with E-state index >= 15 is 0 Å². The number of nitrogens with one attached hydrogen (secondary N) is 1. The summed E-state index contributed by atoms with van der Waals surface area (Å²) in [5, 5.41) is 8.34. The van der Waals surface area contributed by atoms with E-state index in [-0.39, 0.29) is 24.8 Å². The molecule has 0 heterocycles. The Morgan fingerprint density at radius 3 is 2.36 bits per heavy atom. The highest BCUT2D eigenvalue weighted by Gasteiger charge is 2.10. The number of sulfonamides is 1. The van der Waals surface area contributed by atoms with Gasteiger partial charge >= 0.3 is 0 Å². The van der Waals surface area contributed by atoms with Crippen molar-refractivity contribution in [2.75, 3.05) is 18.9 Å². The molecule has 11 heavy (non-hydrogen) atoms. The van der Waals surface area contributed by atoms with Crippen molar-refractivity contribution >= 4 is 10.0 Å². The molecule has 0 aliphatic carbocycles. The van der Waals surface area contributed by atoms with Crippen LogP contribution in [0.2, 0.25) is 0 Å². The van der Waals surface area contributed by atoms with Gasteiger partial charge in [-0.15, -0.1) is 0 Å². The van der Waals surface area contributed by atoms with Crippen molar-refractivity contribution in [3.63, 3.8) is 0 Å². The molecule has 0 saturated carbocycles. The minimum atomic E-state index is -3.15. The largest absolute Gasteiger partial charge is 0.395 e. The van der Waals surface area contributed by atoms with Gasteiger partial charge in [-0.05, 0) is 5.92 Å². The van der Waals surface area contributed by atoms with Crippen molar-refractivity contribution < 1.29 is 13.5 Å². The van der Waals surface area contributed by atoms with Crippen molar-refractivity contribution in [1.29, 1.82) is 0 Å². The van der Waals surface area contributed by atoms with E-state index in [9.17, 15) is 8.42 Å². The molecule has 0 radical (unpaired) electrons. The molecule has 4 nitrogen and oxygen atoms in total. The summed E-state index contributed by atoms with van der Waals surface area (Å²) < 4.78 is 24.2. The second kappa shape index (κ2) is 4.69. The first kappa shape index (κ1) is 10.9. The second-order valence-corrected chi connectivity index (χ2v) is 4.64. The zero-order chi connectivity index (χ0) is 8.91. The van der Waals surface area contributed by atoms with Gasteiger partial charge in [0.2, 0.25) is 10.0 Å². The lowest BCUT2D eigenvalue weighted by atomic mass is 10.3. The third-order valence-electron chi connectivity index (χ3n) is 0.987. The molecule has 0 aromatic heterocycles. The Morgan fingerprint density at radius 1 is 1.45 bits per heavy atom. The molecule has 0 aliphatic rings. The van der Waals surface area contributed by atoms with Crippen LogP contribution >= 0.6 is 0 Å². The van der Waals surface area contributed by atoms with Gasteiger partial charge in [0.1, 0.15) is 0 Å². The first-order valence-electron chi connectivity index (χ1n) is 3.56. The molecule has 0 atom stereocenters. The van der Waals surface area contributed by atoms with Crippen LogP contribution in [0.25, 0.3) is 0 Å². The van der Waals surface area contributed by atoms with Gasteiger partial charge in [-0.25, -0.2) is 13.1 Å². The molecule has 0 aromatic rings. The van der Waals surface area contributed by atoms with Crippen LogP contribution in [0.3, 0.4) is 0 Å². The molecule has 0 aliphatic heterocycles. The number of hydrogen-bond donors (Lipinski definition) is 2. The standard InChI is InChI=1S/C6H15NO3S/c1-6(2)5-11(9,10)7-3-4-8/h6-8H,3-5H2,1-2H3. The van der Waals surface area contributed by atoms with E-state index in [4.69, 9.17) is 5.11 Å². The molecule has 0 spiro atoms. The zero-order valence-corrected chi connectivity index (χ0v) is 7.69. The van der Waals surface area contributed by atoms with E-state index in [1.807, 2.05) is 13.8 Å². The van der Waals surface area contributed by atoms with E-state index in [2.05, 4.69) is 4.72 Å². The third-order valence-corrected chi connectivity index (χ3v) is 2.74. The van der Waals surface area contributed by atoms with Gasteiger partial charge < -0.3 is 5.11 Å². The molecule has 5 heteroatoms. The van der Waals surface area contributed by atoms with E-state index in [1.165, 1.54) is 0 Å². The number of hydrogen-bond acceptors (Lipinski definition) is 3. The molecule has 0 bridgehead atoms. The van der Waals surface area contributed by atoms with Gasteiger partial charge in [-0.1, -0.05) is 13.8 Å². The Labute approximate surface area is 67.7 Å². The lowest BCUT2D eigenvalue weighted by Crippen LogP contribution is -2.30. The van der Waals surface area contributed by atoms with Crippen molar-refractivity contribution in [1.82, 2.24) is 4.72 Å². The number of aliphatic hydroxyl groups is 1. The fourth-order valence-corrected chi connectivity index (χ4v) is 2.10. The Hall–Kier alpha value is -0.130. The Bertz CT molecular complexity index is 186. The lowest BCUT2D eigenvalue weighted by Gasteiger charge is -2.06. The molecule has 2 N–H and O–H groups in total. The van der Waals surface area contributed by atoms with Gasteiger partial charge in [-0.3, -0.25) is 0 Å². The van der Waals surface area contributed by atoms with Gasteiger partial charge in [-0.2, -0.15) is 0 Å². The molecular formula is C6H15NO3S. The molecule has 0 rings (SSSR count). The van der Waals surface area contributed by atoms with Crippen LogP contribution in [0.4, 0.5) is 0 Å². The van der Waals surface area contributed by atoms with Gasteiger partial charge in [0.25, 0.3) is 0 Å². The molecule has 0 saturated heterocycles. The average molecular weight is 181 g/mol. The van der Waals surface area contributed by atoms with Crippen LogP contribution in [-0.2, 0) is 10.0 Å². The van der Waals surface area contributed by atoms with E-state index in [1.54, 1.807) is 0 Å². The summed E-state index contributed by atoms with van der Waals surface area (Å²) in [4.78, 5) is 0. The molecule has 0 fully saturated rings. The van der Waals surface area contributed by atoms with Crippen molar-refractivity contribution in [2.24, 2.45) is 5.92 Å². The fourth-order valence-electron chi connectivity index (χ4n) is 0.699. The quantitative estimate of drug-likeness (QED) is 0.604. The second-order valence-electron chi connectivity index (χ2n) is 2.79. The summed E-state index contributed by atoms with van der Waals surface area (Å²) in [6, 6.07) is 0. The lowest BCUT2D eigenvalue weighted by molar-refractivity contribution is 0.301. The summed E-state index contributed by atoms with van der Waals surface area (Å²) in [5.41, 5.74) is 0. The predicted octanol–water partition coefficient (Wildman–Crippen LogP) is -0.446. The number of aliphatic hydroxyl groups excluding tert-OH is 1. The highest BCUT2D eigenvalue weighted by atomic mass is 32.2. The van der Waals surface area contributed by atoms with Crippen molar-refractivity contribution in [2.45, 2.75) is 13.8 Å². The molecule has 68 valence electrons. The topological polar surface area (TPSA) is 66.4 Å². The van der Waals surface area contributed by atoms with Crippen LogP contribution in [-0.4, -0.2) is 32.4 Å².